The van der Waals surface area contributed by atoms with Crippen LogP contribution in [-0.2, 0) is 4.79 Å². The van der Waals surface area contributed by atoms with Crippen LogP contribution < -0.4 is 5.32 Å². The molecule has 0 fully saturated rings. The Bertz CT molecular complexity index is 665. The largest absolute Gasteiger partial charge is 0.480 e. The summed E-state index contributed by atoms with van der Waals surface area (Å²) in [6.45, 7) is 3.71. The van der Waals surface area contributed by atoms with E-state index in [0.29, 0.717) is 23.2 Å². The second-order valence-corrected chi connectivity index (χ2v) is 4.85. The molecular weight excluding hydrogens is 274 g/mol. The fourth-order valence-electron chi connectivity index (χ4n) is 1.98. The number of carboxylic acid groups (broad SMARTS) is 1. The van der Waals surface area contributed by atoms with Gasteiger partial charge in [0.05, 0.1) is 16.6 Å². The van der Waals surface area contributed by atoms with Crippen molar-refractivity contribution in [3.63, 3.8) is 0 Å². The number of aliphatic carboxylic acids is 1. The quantitative estimate of drug-likeness (QED) is 0.842. The first-order valence-electron chi connectivity index (χ1n) is 6.78. The van der Waals surface area contributed by atoms with Crippen LogP contribution in [-0.4, -0.2) is 33.2 Å². The smallest absolute Gasteiger partial charge is 0.326 e. The number of carboxylic acids is 1. The maximum atomic E-state index is 12.1. The molecule has 0 spiro atoms. The molecule has 2 N–H and O–H groups in total. The lowest BCUT2D eigenvalue weighted by atomic mass is 10.1. The van der Waals surface area contributed by atoms with Gasteiger partial charge in [-0.15, -0.1) is 0 Å². The number of aromatic nitrogens is 2. The number of hydrogen-bond acceptors (Lipinski definition) is 5. The molecular formula is C14H17N3O4. The summed E-state index contributed by atoms with van der Waals surface area (Å²) in [4.78, 5) is 27.3. The van der Waals surface area contributed by atoms with Crippen molar-refractivity contribution in [3.05, 3.63) is 23.5 Å². The van der Waals surface area contributed by atoms with Gasteiger partial charge in [0.15, 0.2) is 0 Å². The molecule has 2 aromatic heterocycles. The molecule has 0 aliphatic rings. The van der Waals surface area contributed by atoms with Crippen LogP contribution in [0, 0.1) is 6.92 Å². The Balaban J connectivity index is 2.16. The zero-order valence-electron chi connectivity index (χ0n) is 11.9. The Labute approximate surface area is 121 Å². The average Bonchev–Trinajstić information content (AvgIpc) is 2.84. The van der Waals surface area contributed by atoms with Gasteiger partial charge in [0, 0.05) is 6.20 Å². The molecule has 1 amide bonds. The number of unbranched alkanes of at least 4 members (excludes halogenated alkanes) is 1. The fourth-order valence-corrected chi connectivity index (χ4v) is 1.98. The summed E-state index contributed by atoms with van der Waals surface area (Å²) in [5.74, 6) is -1.50. The summed E-state index contributed by atoms with van der Waals surface area (Å²) in [7, 11) is 0. The number of hydrogen-bond donors (Lipinski definition) is 2. The van der Waals surface area contributed by atoms with Gasteiger partial charge in [-0.05, 0) is 19.4 Å². The van der Waals surface area contributed by atoms with E-state index in [1.165, 1.54) is 6.20 Å². The number of pyridine rings is 1. The Kier molecular flexibility index (Phi) is 4.52. The molecule has 112 valence electrons. The van der Waals surface area contributed by atoms with Gasteiger partial charge in [-0.2, -0.15) is 0 Å². The molecule has 0 aliphatic carbocycles. The molecule has 7 heteroatoms. The second kappa shape index (κ2) is 6.34. The van der Waals surface area contributed by atoms with E-state index in [-0.39, 0.29) is 5.56 Å². The highest BCUT2D eigenvalue weighted by molar-refractivity contribution is 5.98. The lowest BCUT2D eigenvalue weighted by molar-refractivity contribution is -0.139. The van der Waals surface area contributed by atoms with Gasteiger partial charge < -0.3 is 14.9 Å². The third-order valence-electron chi connectivity index (χ3n) is 3.22. The maximum Gasteiger partial charge on any atom is 0.326 e. The minimum absolute atomic E-state index is 0.288. The van der Waals surface area contributed by atoms with Gasteiger partial charge >= 0.3 is 5.97 Å². The Morgan fingerprint density at radius 2 is 2.24 bits per heavy atom. The number of nitrogens with one attached hydrogen (secondary N) is 1. The van der Waals surface area contributed by atoms with Crippen LogP contribution in [0.3, 0.4) is 0 Å². The first kappa shape index (κ1) is 15.0. The minimum atomic E-state index is -1.04. The van der Waals surface area contributed by atoms with Crippen molar-refractivity contribution in [3.8, 4) is 0 Å². The van der Waals surface area contributed by atoms with Crippen LogP contribution in [0.25, 0.3) is 11.1 Å². The summed E-state index contributed by atoms with van der Waals surface area (Å²) in [5.41, 5.74) is 1.27. The molecule has 0 saturated heterocycles. The number of aryl methyl sites for hydroxylation is 1. The van der Waals surface area contributed by atoms with Crippen molar-refractivity contribution in [1.29, 1.82) is 0 Å². The molecule has 0 saturated carbocycles. The van der Waals surface area contributed by atoms with Gasteiger partial charge in [-0.3, -0.25) is 4.79 Å². The number of carbonyl (C=O) groups excluding carboxylic acids is 1. The predicted molar refractivity (Wildman–Crippen MR) is 75.0 cm³/mol. The number of amides is 1. The second-order valence-electron chi connectivity index (χ2n) is 4.85. The average molecular weight is 291 g/mol. The van der Waals surface area contributed by atoms with Crippen molar-refractivity contribution < 1.29 is 19.2 Å². The molecule has 0 radical (unpaired) electrons. The van der Waals surface area contributed by atoms with E-state index >= 15 is 0 Å². The van der Waals surface area contributed by atoms with Crippen molar-refractivity contribution in [2.45, 2.75) is 39.2 Å². The monoisotopic (exact) mass is 291 g/mol. The zero-order chi connectivity index (χ0) is 15.4. The third-order valence-corrected chi connectivity index (χ3v) is 3.22. The van der Waals surface area contributed by atoms with E-state index < -0.39 is 17.9 Å². The van der Waals surface area contributed by atoms with E-state index in [4.69, 9.17) is 9.63 Å². The van der Waals surface area contributed by atoms with E-state index in [9.17, 15) is 9.59 Å². The number of carbonyl (C=O) groups is 2. The van der Waals surface area contributed by atoms with Crippen molar-refractivity contribution in [2.75, 3.05) is 0 Å². The molecule has 0 aromatic carbocycles. The van der Waals surface area contributed by atoms with Crippen molar-refractivity contribution in [1.82, 2.24) is 15.5 Å². The molecule has 21 heavy (non-hydrogen) atoms. The van der Waals surface area contributed by atoms with Crippen LogP contribution >= 0.6 is 0 Å². The normalized spacial score (nSPS) is 12.3. The summed E-state index contributed by atoms with van der Waals surface area (Å²) < 4.78 is 4.97. The fraction of sp³-hybridized carbons (Fsp3) is 0.429. The van der Waals surface area contributed by atoms with E-state index in [2.05, 4.69) is 15.5 Å². The van der Waals surface area contributed by atoms with Gasteiger partial charge in [0.1, 0.15) is 6.04 Å². The number of rotatable bonds is 6. The lowest BCUT2D eigenvalue weighted by Crippen LogP contribution is -2.40. The maximum absolute atomic E-state index is 12.1. The highest BCUT2D eigenvalue weighted by atomic mass is 16.5. The third kappa shape index (κ3) is 3.36. The van der Waals surface area contributed by atoms with Gasteiger partial charge in [0.2, 0.25) is 0 Å². The van der Waals surface area contributed by atoms with Gasteiger partial charge in [0.25, 0.3) is 11.6 Å². The van der Waals surface area contributed by atoms with Gasteiger partial charge in [-0.1, -0.05) is 24.9 Å². The first-order valence-corrected chi connectivity index (χ1v) is 6.78. The van der Waals surface area contributed by atoms with Crippen LogP contribution in [0.5, 0.6) is 0 Å². The topological polar surface area (TPSA) is 105 Å². The summed E-state index contributed by atoms with van der Waals surface area (Å²) >= 11 is 0. The molecule has 1 unspecified atom stereocenters. The summed E-state index contributed by atoms with van der Waals surface area (Å²) in [6.07, 6.45) is 3.35. The van der Waals surface area contributed by atoms with E-state index in [1.54, 1.807) is 13.0 Å². The van der Waals surface area contributed by atoms with Crippen LogP contribution in [0.2, 0.25) is 0 Å². The molecule has 2 rings (SSSR count). The molecule has 1 atom stereocenters. The Hall–Kier alpha value is -2.44. The van der Waals surface area contributed by atoms with Gasteiger partial charge in [-0.25, -0.2) is 9.78 Å². The Morgan fingerprint density at radius 1 is 1.48 bits per heavy atom. The van der Waals surface area contributed by atoms with Crippen molar-refractivity contribution in [2.24, 2.45) is 0 Å². The van der Waals surface area contributed by atoms with E-state index in [1.807, 2.05) is 6.92 Å². The lowest BCUT2D eigenvalue weighted by Gasteiger charge is -2.13. The van der Waals surface area contributed by atoms with E-state index in [0.717, 1.165) is 12.8 Å². The van der Waals surface area contributed by atoms with Crippen LogP contribution in [0.1, 0.15) is 42.2 Å². The highest BCUT2D eigenvalue weighted by Gasteiger charge is 2.20. The van der Waals surface area contributed by atoms with Crippen LogP contribution in [0.4, 0.5) is 0 Å². The standard InChI is InChI=1S/C14H17N3O4/c1-3-4-5-11(14(19)20)16-12(18)9-6-10-8(2)17-21-13(10)15-7-9/h6-7,11H,3-5H2,1-2H3,(H,16,18)(H,19,20). The molecule has 0 aliphatic heterocycles. The number of nitrogens with zero attached hydrogens (tertiary/aromatic N) is 2. The minimum Gasteiger partial charge on any atom is -0.480 e. The molecule has 2 aromatic rings. The molecule has 0 bridgehead atoms. The predicted octanol–water partition coefficient (Wildman–Crippen LogP) is 1.90. The summed E-state index contributed by atoms with van der Waals surface area (Å²) in [6, 6.07) is 0.708. The van der Waals surface area contributed by atoms with Crippen LogP contribution in [0.15, 0.2) is 16.8 Å². The molecule has 7 nitrogen and oxygen atoms in total. The zero-order valence-corrected chi connectivity index (χ0v) is 11.9. The highest BCUT2D eigenvalue weighted by Crippen LogP contribution is 2.16. The van der Waals surface area contributed by atoms with Crippen molar-refractivity contribution >= 4 is 23.0 Å². The Morgan fingerprint density at radius 3 is 2.90 bits per heavy atom. The first-order chi connectivity index (χ1) is 10.0. The summed E-state index contributed by atoms with van der Waals surface area (Å²) in [5, 5.41) is 16.0. The SMILES string of the molecule is CCCCC(NC(=O)c1cnc2onc(C)c2c1)C(=O)O. The number of fused-ring (bicyclic) bond motifs is 1. The molecule has 2 heterocycles.